The van der Waals surface area contributed by atoms with Crippen molar-refractivity contribution in [3.63, 3.8) is 0 Å². The number of benzene rings is 1. The highest BCUT2D eigenvalue weighted by Crippen LogP contribution is 2.27. The number of halogens is 2. The number of rotatable bonds is 4. The number of hydrogen-bond acceptors (Lipinski definition) is 2. The monoisotopic (exact) mass is 231 g/mol. The molecule has 0 aliphatic heterocycles. The summed E-state index contributed by atoms with van der Waals surface area (Å²) < 4.78 is 5.08. The molecule has 0 heterocycles. The molecule has 0 fully saturated rings. The van der Waals surface area contributed by atoms with Gasteiger partial charge in [0.2, 0.25) is 0 Å². The molecule has 14 heavy (non-hydrogen) atoms. The molecule has 76 valence electrons. The van der Waals surface area contributed by atoms with Crippen LogP contribution in [0.1, 0.15) is 0 Å². The maximum Gasteiger partial charge on any atom is 0.139 e. The molecule has 0 saturated carbocycles. The molecule has 0 aliphatic carbocycles. The Kier molecular flexibility index (Phi) is 4.63. The lowest BCUT2D eigenvalue weighted by molar-refractivity contribution is 0.415. The van der Waals surface area contributed by atoms with E-state index >= 15 is 0 Å². The zero-order valence-electron chi connectivity index (χ0n) is 7.76. The highest BCUT2D eigenvalue weighted by molar-refractivity contribution is 6.32. The second kappa shape index (κ2) is 5.78. The average Bonchev–Trinajstić information content (AvgIpc) is 2.21. The average molecular weight is 232 g/mol. The van der Waals surface area contributed by atoms with Gasteiger partial charge in [-0.3, -0.25) is 0 Å². The first kappa shape index (κ1) is 11.2. The third-order valence-corrected chi connectivity index (χ3v) is 2.15. The van der Waals surface area contributed by atoms with Crippen molar-refractivity contribution in [2.75, 3.05) is 19.0 Å². The third kappa shape index (κ3) is 3.13. The summed E-state index contributed by atoms with van der Waals surface area (Å²) in [6, 6.07) is 5.50. The van der Waals surface area contributed by atoms with Crippen LogP contribution in [0.3, 0.4) is 0 Å². The van der Waals surface area contributed by atoms with E-state index < -0.39 is 0 Å². The van der Waals surface area contributed by atoms with Gasteiger partial charge in [-0.15, -0.1) is 0 Å². The standard InChI is InChI=1S/C10H11Cl2NO/c1-14-10-7-8(3-4-9(10)12)13-6-2-5-11/h2-5,7,13H,6H2,1H3/b5-2+. The molecule has 0 radical (unpaired) electrons. The molecule has 0 bridgehead atoms. The largest absolute Gasteiger partial charge is 0.495 e. The summed E-state index contributed by atoms with van der Waals surface area (Å²) in [7, 11) is 1.59. The van der Waals surface area contributed by atoms with Crippen LogP contribution in [0.2, 0.25) is 5.02 Å². The predicted octanol–water partition coefficient (Wildman–Crippen LogP) is 3.51. The first-order chi connectivity index (χ1) is 6.77. The van der Waals surface area contributed by atoms with Gasteiger partial charge in [0.25, 0.3) is 0 Å². The molecule has 0 saturated heterocycles. The van der Waals surface area contributed by atoms with Crippen LogP contribution in [0.15, 0.2) is 29.8 Å². The lowest BCUT2D eigenvalue weighted by atomic mass is 10.3. The SMILES string of the molecule is COc1cc(NC/C=C/Cl)ccc1Cl. The second-order valence-electron chi connectivity index (χ2n) is 2.59. The summed E-state index contributed by atoms with van der Waals surface area (Å²) in [5.74, 6) is 0.659. The van der Waals surface area contributed by atoms with Crippen LogP contribution in [-0.2, 0) is 0 Å². The summed E-state index contributed by atoms with van der Waals surface area (Å²) >= 11 is 11.3. The van der Waals surface area contributed by atoms with E-state index in [1.54, 1.807) is 13.2 Å². The molecule has 1 rings (SSSR count). The lowest BCUT2D eigenvalue weighted by Crippen LogP contribution is -1.98. The highest BCUT2D eigenvalue weighted by atomic mass is 35.5. The molecule has 0 amide bonds. The van der Waals surface area contributed by atoms with Crippen molar-refractivity contribution < 1.29 is 4.74 Å². The van der Waals surface area contributed by atoms with E-state index in [9.17, 15) is 0 Å². The number of nitrogens with one attached hydrogen (secondary N) is 1. The van der Waals surface area contributed by atoms with Gasteiger partial charge in [-0.05, 0) is 12.1 Å². The molecule has 0 aliphatic rings. The molecule has 1 N–H and O–H groups in total. The van der Waals surface area contributed by atoms with Crippen LogP contribution in [0.5, 0.6) is 5.75 Å². The van der Waals surface area contributed by atoms with E-state index in [0.717, 1.165) is 5.69 Å². The van der Waals surface area contributed by atoms with Crippen LogP contribution in [0, 0.1) is 0 Å². The molecule has 0 atom stereocenters. The van der Waals surface area contributed by atoms with Crippen LogP contribution in [0.25, 0.3) is 0 Å². The highest BCUT2D eigenvalue weighted by Gasteiger charge is 2.00. The van der Waals surface area contributed by atoms with E-state index in [-0.39, 0.29) is 0 Å². The quantitative estimate of drug-likeness (QED) is 0.857. The topological polar surface area (TPSA) is 21.3 Å². The van der Waals surface area contributed by atoms with E-state index in [0.29, 0.717) is 17.3 Å². The maximum absolute atomic E-state index is 5.87. The maximum atomic E-state index is 5.87. The molecule has 1 aromatic rings. The smallest absolute Gasteiger partial charge is 0.139 e. The fraction of sp³-hybridized carbons (Fsp3) is 0.200. The molecule has 2 nitrogen and oxygen atoms in total. The summed E-state index contributed by atoms with van der Waals surface area (Å²) in [6.07, 6.45) is 1.81. The number of ether oxygens (including phenoxy) is 1. The Bertz CT molecular complexity index is 326. The Labute approximate surface area is 93.5 Å². The van der Waals surface area contributed by atoms with Crippen molar-refractivity contribution in [1.82, 2.24) is 0 Å². The van der Waals surface area contributed by atoms with Crippen molar-refractivity contribution in [3.8, 4) is 5.75 Å². The number of methoxy groups -OCH3 is 1. The Morgan fingerprint density at radius 1 is 1.50 bits per heavy atom. The zero-order valence-corrected chi connectivity index (χ0v) is 9.27. The van der Waals surface area contributed by atoms with Crippen molar-refractivity contribution in [2.45, 2.75) is 0 Å². The molecule has 0 unspecified atom stereocenters. The van der Waals surface area contributed by atoms with E-state index in [1.165, 1.54) is 5.54 Å². The fourth-order valence-corrected chi connectivity index (χ4v) is 1.27. The Hall–Kier alpha value is -0.860. The first-order valence-corrected chi connectivity index (χ1v) is 4.92. The third-order valence-electron chi connectivity index (χ3n) is 1.66. The van der Waals surface area contributed by atoms with Gasteiger partial charge in [-0.25, -0.2) is 0 Å². The Balaban J connectivity index is 2.69. The Morgan fingerprint density at radius 3 is 2.93 bits per heavy atom. The minimum Gasteiger partial charge on any atom is -0.495 e. The van der Waals surface area contributed by atoms with E-state index in [1.807, 2.05) is 18.2 Å². The number of anilines is 1. The molecule has 4 heteroatoms. The minimum atomic E-state index is 0.603. The van der Waals surface area contributed by atoms with Crippen LogP contribution >= 0.6 is 23.2 Å². The van der Waals surface area contributed by atoms with Crippen molar-refractivity contribution in [3.05, 3.63) is 34.8 Å². The van der Waals surface area contributed by atoms with Crippen LogP contribution in [-0.4, -0.2) is 13.7 Å². The molecular formula is C10H11Cl2NO. The van der Waals surface area contributed by atoms with Gasteiger partial charge >= 0.3 is 0 Å². The second-order valence-corrected chi connectivity index (χ2v) is 3.25. The molecule has 0 aromatic heterocycles. The van der Waals surface area contributed by atoms with Gasteiger partial charge in [-0.1, -0.05) is 29.3 Å². The summed E-state index contributed by atoms with van der Waals surface area (Å²) in [6.45, 7) is 0.675. The summed E-state index contributed by atoms with van der Waals surface area (Å²) in [4.78, 5) is 0. The zero-order chi connectivity index (χ0) is 10.4. The van der Waals surface area contributed by atoms with Gasteiger partial charge < -0.3 is 10.1 Å². The first-order valence-electron chi connectivity index (χ1n) is 4.10. The van der Waals surface area contributed by atoms with Crippen molar-refractivity contribution in [2.24, 2.45) is 0 Å². The normalized spacial score (nSPS) is 10.5. The van der Waals surface area contributed by atoms with Crippen LogP contribution < -0.4 is 10.1 Å². The minimum absolute atomic E-state index is 0.603. The van der Waals surface area contributed by atoms with Gasteiger partial charge in [-0.2, -0.15) is 0 Å². The molecule has 0 spiro atoms. The van der Waals surface area contributed by atoms with Gasteiger partial charge in [0.05, 0.1) is 12.1 Å². The molecule has 1 aromatic carbocycles. The number of hydrogen-bond donors (Lipinski definition) is 1. The van der Waals surface area contributed by atoms with Gasteiger partial charge in [0.15, 0.2) is 0 Å². The summed E-state index contributed by atoms with van der Waals surface area (Å²) in [5.41, 5.74) is 2.42. The van der Waals surface area contributed by atoms with Crippen molar-refractivity contribution in [1.29, 1.82) is 0 Å². The van der Waals surface area contributed by atoms with Gasteiger partial charge in [0.1, 0.15) is 5.75 Å². The molecular weight excluding hydrogens is 221 g/mol. The predicted molar refractivity (Wildman–Crippen MR) is 61.5 cm³/mol. The lowest BCUT2D eigenvalue weighted by Gasteiger charge is -2.07. The summed E-state index contributed by atoms with van der Waals surface area (Å²) in [5, 5.41) is 3.74. The fourth-order valence-electron chi connectivity index (χ4n) is 0.991. The van der Waals surface area contributed by atoms with Crippen molar-refractivity contribution >= 4 is 28.9 Å². The van der Waals surface area contributed by atoms with Gasteiger partial charge in [0, 0.05) is 23.8 Å². The van der Waals surface area contributed by atoms with E-state index in [2.05, 4.69) is 5.32 Å². The van der Waals surface area contributed by atoms with Crippen LogP contribution in [0.4, 0.5) is 5.69 Å². The van der Waals surface area contributed by atoms with E-state index in [4.69, 9.17) is 27.9 Å². The Morgan fingerprint density at radius 2 is 2.29 bits per heavy atom.